The summed E-state index contributed by atoms with van der Waals surface area (Å²) >= 11 is 6.77. The number of halogens is 1. The van der Waals surface area contributed by atoms with E-state index in [9.17, 15) is 22.8 Å². The van der Waals surface area contributed by atoms with E-state index in [-0.39, 0.29) is 10.8 Å². The molecule has 8 nitrogen and oxygen atoms in total. The minimum Gasteiger partial charge on any atom is -0.456 e. The Balaban J connectivity index is 1.85. The van der Waals surface area contributed by atoms with E-state index in [1.54, 1.807) is 6.07 Å². The summed E-state index contributed by atoms with van der Waals surface area (Å²) < 4.78 is 31.6. The monoisotopic (exact) mass is 430 g/mol. The van der Waals surface area contributed by atoms with Crippen molar-refractivity contribution in [1.82, 2.24) is 4.72 Å². The number of carbonyl (C=O) groups excluding carboxylic acids is 3. The van der Waals surface area contributed by atoms with Crippen molar-refractivity contribution in [3.05, 3.63) is 45.6 Å². The lowest BCUT2D eigenvalue weighted by molar-refractivity contribution is -0.141. The van der Waals surface area contributed by atoms with Crippen LogP contribution < -0.4 is 10.0 Å². The molecule has 1 aromatic heterocycles. The van der Waals surface area contributed by atoms with E-state index in [1.807, 2.05) is 0 Å². The summed E-state index contributed by atoms with van der Waals surface area (Å²) in [7, 11) is -3.95. The first kappa shape index (κ1) is 21.0. The summed E-state index contributed by atoms with van der Waals surface area (Å²) in [6, 6.07) is 8.45. The smallest absolute Gasteiger partial charge is 0.321 e. The van der Waals surface area contributed by atoms with E-state index < -0.39 is 34.9 Å². The van der Waals surface area contributed by atoms with Crippen LogP contribution in [0.4, 0.5) is 5.69 Å². The summed E-state index contributed by atoms with van der Waals surface area (Å²) in [5.41, 5.74) is 0.438. The van der Waals surface area contributed by atoms with Crippen LogP contribution in [-0.2, 0) is 24.3 Å². The Morgan fingerprint density at radius 2 is 1.78 bits per heavy atom. The van der Waals surface area contributed by atoms with Crippen molar-refractivity contribution in [3.63, 3.8) is 0 Å². The van der Waals surface area contributed by atoms with Gasteiger partial charge in [0.15, 0.2) is 6.61 Å². The number of sulfonamides is 1. The predicted octanol–water partition coefficient (Wildman–Crippen LogP) is 2.06. The standard InChI is InChI=1S/C16H15ClN2O6S2/c1-10(20)19-11-2-4-12(5-3-11)27(23,24)18-8-16(22)25-9-13(21)14-6-7-15(17)26-14/h2-7,18H,8-9H2,1H3,(H,19,20). The molecule has 0 aliphatic heterocycles. The highest BCUT2D eigenvalue weighted by Crippen LogP contribution is 2.21. The first-order chi connectivity index (χ1) is 12.7. The average Bonchev–Trinajstić information content (AvgIpc) is 3.04. The highest BCUT2D eigenvalue weighted by molar-refractivity contribution is 7.89. The van der Waals surface area contributed by atoms with Crippen LogP contribution in [0, 0.1) is 0 Å². The first-order valence-electron chi connectivity index (χ1n) is 7.49. The summed E-state index contributed by atoms with van der Waals surface area (Å²) in [6.07, 6.45) is 0. The molecule has 0 aliphatic carbocycles. The molecule has 1 heterocycles. The Morgan fingerprint density at radius 3 is 2.33 bits per heavy atom. The molecule has 0 radical (unpaired) electrons. The van der Waals surface area contributed by atoms with Gasteiger partial charge in [-0.3, -0.25) is 14.4 Å². The number of rotatable bonds is 8. The molecular formula is C16H15ClN2O6S2. The van der Waals surface area contributed by atoms with Gasteiger partial charge >= 0.3 is 5.97 Å². The molecule has 2 N–H and O–H groups in total. The van der Waals surface area contributed by atoms with Gasteiger partial charge in [0.1, 0.15) is 6.54 Å². The third-order valence-electron chi connectivity index (χ3n) is 3.10. The largest absolute Gasteiger partial charge is 0.456 e. The molecule has 0 unspecified atom stereocenters. The average molecular weight is 431 g/mol. The van der Waals surface area contributed by atoms with Gasteiger partial charge in [-0.1, -0.05) is 11.6 Å². The van der Waals surface area contributed by atoms with Gasteiger partial charge < -0.3 is 10.1 Å². The number of hydrogen-bond acceptors (Lipinski definition) is 7. The van der Waals surface area contributed by atoms with Crippen molar-refractivity contribution in [2.24, 2.45) is 0 Å². The molecule has 0 fully saturated rings. The van der Waals surface area contributed by atoms with E-state index in [1.165, 1.54) is 37.3 Å². The number of carbonyl (C=O) groups is 3. The van der Waals surface area contributed by atoms with Crippen molar-refractivity contribution >= 4 is 56.3 Å². The number of nitrogens with one attached hydrogen (secondary N) is 2. The Kier molecular flexibility index (Phi) is 7.08. The molecule has 2 aromatic rings. The second-order valence-electron chi connectivity index (χ2n) is 5.22. The number of ether oxygens (including phenoxy) is 1. The molecule has 144 valence electrons. The molecule has 2 rings (SSSR count). The van der Waals surface area contributed by atoms with Crippen molar-refractivity contribution in [2.75, 3.05) is 18.5 Å². The third kappa shape index (κ3) is 6.43. The van der Waals surface area contributed by atoms with Gasteiger partial charge in [-0.25, -0.2) is 8.42 Å². The van der Waals surface area contributed by atoms with Crippen molar-refractivity contribution in [3.8, 4) is 0 Å². The van der Waals surface area contributed by atoms with Crippen molar-refractivity contribution in [2.45, 2.75) is 11.8 Å². The lowest BCUT2D eigenvalue weighted by Crippen LogP contribution is -2.31. The number of hydrogen-bond donors (Lipinski definition) is 2. The SMILES string of the molecule is CC(=O)Nc1ccc(S(=O)(=O)NCC(=O)OCC(=O)c2ccc(Cl)s2)cc1. The van der Waals surface area contributed by atoms with Gasteiger partial charge in [-0.15, -0.1) is 11.3 Å². The summed E-state index contributed by atoms with van der Waals surface area (Å²) in [5, 5.41) is 2.51. The van der Waals surface area contributed by atoms with Gasteiger partial charge in [0.2, 0.25) is 21.7 Å². The number of ketones is 1. The Labute approximate surface area is 164 Å². The zero-order valence-electron chi connectivity index (χ0n) is 14.0. The van der Waals surface area contributed by atoms with Crippen molar-refractivity contribution in [1.29, 1.82) is 0 Å². The number of esters is 1. The molecule has 0 atom stereocenters. The topological polar surface area (TPSA) is 119 Å². The fourth-order valence-electron chi connectivity index (χ4n) is 1.89. The lowest BCUT2D eigenvalue weighted by atomic mass is 10.3. The van der Waals surface area contributed by atoms with Gasteiger partial charge in [0.05, 0.1) is 14.1 Å². The molecule has 1 amide bonds. The fourth-order valence-corrected chi connectivity index (χ4v) is 3.83. The molecular weight excluding hydrogens is 416 g/mol. The lowest BCUT2D eigenvalue weighted by Gasteiger charge is -2.08. The maximum absolute atomic E-state index is 12.1. The normalized spacial score (nSPS) is 11.0. The number of amides is 1. The fraction of sp³-hybridized carbons (Fsp3) is 0.188. The van der Waals surface area contributed by atoms with E-state index in [0.29, 0.717) is 14.9 Å². The number of anilines is 1. The summed E-state index contributed by atoms with van der Waals surface area (Å²) in [6.45, 7) is 0.187. The quantitative estimate of drug-likeness (QED) is 0.488. The third-order valence-corrected chi connectivity index (χ3v) is 5.79. The van der Waals surface area contributed by atoms with Gasteiger partial charge in [-0.05, 0) is 36.4 Å². The Morgan fingerprint density at radius 1 is 1.11 bits per heavy atom. The molecule has 0 bridgehead atoms. The Bertz CT molecular complexity index is 954. The number of Topliss-reactive ketones (excluding diaryl/α,β-unsaturated/α-hetero) is 1. The zero-order chi connectivity index (χ0) is 20.0. The van der Waals surface area contributed by atoms with Gasteiger partial charge in [0, 0.05) is 12.6 Å². The van der Waals surface area contributed by atoms with E-state index in [2.05, 4.69) is 10.0 Å². The first-order valence-corrected chi connectivity index (χ1v) is 10.2. The van der Waals surface area contributed by atoms with Gasteiger partial charge in [-0.2, -0.15) is 4.72 Å². The maximum Gasteiger partial charge on any atom is 0.321 e. The van der Waals surface area contributed by atoms with Gasteiger partial charge in [0.25, 0.3) is 0 Å². The van der Waals surface area contributed by atoms with E-state index in [4.69, 9.17) is 16.3 Å². The predicted molar refractivity (Wildman–Crippen MR) is 101 cm³/mol. The van der Waals surface area contributed by atoms with Crippen molar-refractivity contribution < 1.29 is 27.5 Å². The second kappa shape index (κ2) is 9.09. The van der Waals surface area contributed by atoms with E-state index >= 15 is 0 Å². The molecule has 1 aromatic carbocycles. The van der Waals surface area contributed by atoms with E-state index in [0.717, 1.165) is 11.3 Å². The van der Waals surface area contributed by atoms with Crippen LogP contribution in [0.1, 0.15) is 16.6 Å². The molecule has 0 spiro atoms. The number of benzene rings is 1. The van der Waals surface area contributed by atoms with Crippen LogP contribution in [0.3, 0.4) is 0 Å². The molecule has 27 heavy (non-hydrogen) atoms. The summed E-state index contributed by atoms with van der Waals surface area (Å²) in [4.78, 5) is 34.7. The minimum atomic E-state index is -3.95. The highest BCUT2D eigenvalue weighted by Gasteiger charge is 2.17. The van der Waals surface area contributed by atoms with Crippen LogP contribution >= 0.6 is 22.9 Å². The van der Waals surface area contributed by atoms with Crippen LogP contribution in [0.5, 0.6) is 0 Å². The second-order valence-corrected chi connectivity index (χ2v) is 8.70. The summed E-state index contributed by atoms with van der Waals surface area (Å²) in [5.74, 6) is -1.62. The van der Waals surface area contributed by atoms with Crippen LogP contribution in [-0.4, -0.2) is 39.2 Å². The molecule has 11 heteroatoms. The van der Waals surface area contributed by atoms with Crippen LogP contribution in [0.2, 0.25) is 4.34 Å². The highest BCUT2D eigenvalue weighted by atomic mass is 35.5. The number of thiophene rings is 1. The molecule has 0 saturated carbocycles. The van der Waals surface area contributed by atoms with Crippen LogP contribution in [0.15, 0.2) is 41.3 Å². The molecule has 0 saturated heterocycles. The molecule has 0 aliphatic rings. The zero-order valence-corrected chi connectivity index (χ0v) is 16.4. The Hall–Kier alpha value is -2.27. The minimum absolute atomic E-state index is 0.0892. The van der Waals surface area contributed by atoms with Crippen LogP contribution in [0.25, 0.3) is 0 Å². The maximum atomic E-state index is 12.1.